The monoisotopic (exact) mass is 344 g/mol. The van der Waals surface area contributed by atoms with Gasteiger partial charge in [0, 0.05) is 36.8 Å². The molecule has 1 aromatic carbocycles. The van der Waals surface area contributed by atoms with Crippen LogP contribution in [0, 0.1) is 6.92 Å². The van der Waals surface area contributed by atoms with Crippen LogP contribution in [0.3, 0.4) is 0 Å². The molecule has 1 aliphatic rings. The number of aromatic nitrogens is 1. The smallest absolute Gasteiger partial charge is 0.305 e. The highest BCUT2D eigenvalue weighted by atomic mass is 16.5. The van der Waals surface area contributed by atoms with Crippen molar-refractivity contribution in [1.82, 2.24) is 9.88 Å². The van der Waals surface area contributed by atoms with Crippen molar-refractivity contribution < 1.29 is 19.4 Å². The van der Waals surface area contributed by atoms with Gasteiger partial charge in [0.15, 0.2) is 0 Å². The molecule has 0 saturated carbocycles. The highest BCUT2D eigenvalue weighted by molar-refractivity contribution is 5.89. The number of fused-ring (bicyclic) bond motifs is 1. The number of amides is 1. The van der Waals surface area contributed by atoms with Crippen molar-refractivity contribution in [2.24, 2.45) is 0 Å². The molecule has 1 fully saturated rings. The number of aryl methyl sites for hydroxylation is 1. The summed E-state index contributed by atoms with van der Waals surface area (Å²) in [4.78, 5) is 28.5. The lowest BCUT2D eigenvalue weighted by molar-refractivity contribution is -0.139. The van der Waals surface area contributed by atoms with E-state index >= 15 is 0 Å². The fourth-order valence-corrected chi connectivity index (χ4v) is 3.30. The van der Waals surface area contributed by atoms with E-state index in [4.69, 9.17) is 9.84 Å². The Bertz CT molecular complexity index is 762. The Hall–Kier alpha value is -2.34. The molecule has 1 atom stereocenters. The van der Waals surface area contributed by atoms with E-state index < -0.39 is 5.97 Å². The molecule has 6 nitrogen and oxygen atoms in total. The number of carboxylic acids is 1. The molecular formula is C19H24N2O4. The fraction of sp³-hybridized carbons (Fsp3) is 0.474. The van der Waals surface area contributed by atoms with E-state index in [-0.39, 0.29) is 31.4 Å². The zero-order valence-corrected chi connectivity index (χ0v) is 14.5. The van der Waals surface area contributed by atoms with Crippen molar-refractivity contribution in [3.63, 3.8) is 0 Å². The number of aromatic amines is 1. The number of rotatable bonds is 7. The average Bonchev–Trinajstić information content (AvgIpc) is 3.21. The topological polar surface area (TPSA) is 82.6 Å². The third-order valence-electron chi connectivity index (χ3n) is 4.66. The lowest BCUT2D eigenvalue weighted by Crippen LogP contribution is -2.39. The molecule has 1 aromatic heterocycles. The van der Waals surface area contributed by atoms with Crippen LogP contribution in [-0.4, -0.2) is 52.7 Å². The van der Waals surface area contributed by atoms with Crippen LogP contribution in [0.2, 0.25) is 0 Å². The second-order valence-electron chi connectivity index (χ2n) is 6.66. The van der Waals surface area contributed by atoms with E-state index in [9.17, 15) is 9.59 Å². The average molecular weight is 344 g/mol. The van der Waals surface area contributed by atoms with Gasteiger partial charge in [-0.25, -0.2) is 0 Å². The van der Waals surface area contributed by atoms with Gasteiger partial charge in [-0.05, 0) is 37.0 Å². The molecule has 134 valence electrons. The van der Waals surface area contributed by atoms with Gasteiger partial charge >= 0.3 is 5.97 Å². The molecule has 3 rings (SSSR count). The second kappa shape index (κ2) is 7.70. The van der Waals surface area contributed by atoms with Crippen LogP contribution < -0.4 is 0 Å². The number of carbonyl (C=O) groups is 2. The van der Waals surface area contributed by atoms with E-state index in [0.717, 1.165) is 34.9 Å². The van der Waals surface area contributed by atoms with Gasteiger partial charge in [-0.1, -0.05) is 12.1 Å². The summed E-state index contributed by atoms with van der Waals surface area (Å²) in [6.45, 7) is 3.43. The van der Waals surface area contributed by atoms with Crippen LogP contribution in [0.15, 0.2) is 24.4 Å². The van der Waals surface area contributed by atoms with E-state index in [1.54, 1.807) is 4.90 Å². The Morgan fingerprint density at radius 3 is 2.96 bits per heavy atom. The van der Waals surface area contributed by atoms with Crippen LogP contribution in [0.5, 0.6) is 0 Å². The number of carboxylic acid groups (broad SMARTS) is 1. The number of nitrogens with one attached hydrogen (secondary N) is 1. The normalized spacial score (nSPS) is 17.1. The van der Waals surface area contributed by atoms with Crippen molar-refractivity contribution in [2.75, 3.05) is 19.7 Å². The number of benzene rings is 1. The summed E-state index contributed by atoms with van der Waals surface area (Å²) in [5.74, 6) is -0.953. The van der Waals surface area contributed by atoms with Crippen molar-refractivity contribution in [1.29, 1.82) is 0 Å². The highest BCUT2D eigenvalue weighted by Gasteiger charge is 2.23. The minimum absolute atomic E-state index is 0.0170. The Morgan fingerprint density at radius 2 is 2.24 bits per heavy atom. The third-order valence-corrected chi connectivity index (χ3v) is 4.66. The molecule has 1 saturated heterocycles. The molecule has 0 spiro atoms. The van der Waals surface area contributed by atoms with E-state index in [1.165, 1.54) is 0 Å². The van der Waals surface area contributed by atoms with Crippen LogP contribution >= 0.6 is 0 Å². The van der Waals surface area contributed by atoms with Gasteiger partial charge in [-0.15, -0.1) is 0 Å². The first-order chi connectivity index (χ1) is 12.0. The molecule has 1 aliphatic heterocycles. The summed E-state index contributed by atoms with van der Waals surface area (Å²) in [6.07, 6.45) is 4.00. The summed E-state index contributed by atoms with van der Waals surface area (Å²) < 4.78 is 5.61. The summed E-state index contributed by atoms with van der Waals surface area (Å²) >= 11 is 0. The fourth-order valence-electron chi connectivity index (χ4n) is 3.30. The predicted molar refractivity (Wildman–Crippen MR) is 94.5 cm³/mol. The van der Waals surface area contributed by atoms with Crippen molar-refractivity contribution in [2.45, 2.75) is 38.7 Å². The molecule has 0 bridgehead atoms. The molecule has 2 N–H and O–H groups in total. The molecule has 25 heavy (non-hydrogen) atoms. The number of ether oxygens (including phenoxy) is 1. The van der Waals surface area contributed by atoms with Gasteiger partial charge in [0.2, 0.25) is 5.91 Å². The minimum atomic E-state index is -0.896. The van der Waals surface area contributed by atoms with Crippen molar-refractivity contribution >= 4 is 22.8 Å². The Morgan fingerprint density at radius 1 is 1.40 bits per heavy atom. The summed E-state index contributed by atoms with van der Waals surface area (Å²) in [7, 11) is 0. The number of aliphatic carboxylic acids is 1. The quantitative estimate of drug-likeness (QED) is 0.808. The van der Waals surface area contributed by atoms with Gasteiger partial charge < -0.3 is 19.7 Å². The number of nitrogens with zero attached hydrogens (tertiary/aromatic N) is 1. The summed E-state index contributed by atoms with van der Waals surface area (Å²) in [5.41, 5.74) is 3.11. The van der Waals surface area contributed by atoms with E-state index in [0.29, 0.717) is 13.2 Å². The van der Waals surface area contributed by atoms with Gasteiger partial charge in [0.25, 0.3) is 0 Å². The Labute approximate surface area is 146 Å². The SMILES string of the molecule is Cc1ccc2c(CC(=O)N(CCC(=O)O)C[C@@H]3CCCO3)c[nH]c2c1. The number of carbonyl (C=O) groups excluding carboxylic acids is 1. The molecule has 0 unspecified atom stereocenters. The molecular weight excluding hydrogens is 320 g/mol. The maximum absolute atomic E-state index is 12.8. The largest absolute Gasteiger partial charge is 0.481 e. The third kappa shape index (κ3) is 4.39. The summed E-state index contributed by atoms with van der Waals surface area (Å²) in [6, 6.07) is 6.10. The molecule has 1 amide bonds. The first-order valence-electron chi connectivity index (χ1n) is 8.70. The lowest BCUT2D eigenvalue weighted by atomic mass is 10.1. The molecule has 0 aliphatic carbocycles. The standard InChI is InChI=1S/C19H24N2O4/c1-13-4-5-16-14(11-20-17(16)9-13)10-18(22)21(7-6-19(23)24)12-15-3-2-8-25-15/h4-5,9,11,15,20H,2-3,6-8,10,12H2,1H3,(H,23,24)/t15-/m0/s1. The number of hydrogen-bond donors (Lipinski definition) is 2. The second-order valence-corrected chi connectivity index (χ2v) is 6.66. The first kappa shape index (κ1) is 17.5. The maximum atomic E-state index is 12.8. The molecule has 0 radical (unpaired) electrons. The van der Waals surface area contributed by atoms with Gasteiger partial charge in [-0.2, -0.15) is 0 Å². The van der Waals surface area contributed by atoms with Gasteiger partial charge in [0.1, 0.15) is 0 Å². The minimum Gasteiger partial charge on any atom is -0.481 e. The van der Waals surface area contributed by atoms with Crippen LogP contribution in [0.4, 0.5) is 0 Å². The first-order valence-corrected chi connectivity index (χ1v) is 8.70. The highest BCUT2D eigenvalue weighted by Crippen LogP contribution is 2.21. The van der Waals surface area contributed by atoms with Gasteiger partial charge in [0.05, 0.1) is 18.9 Å². The lowest BCUT2D eigenvalue weighted by Gasteiger charge is -2.25. The van der Waals surface area contributed by atoms with E-state index in [2.05, 4.69) is 11.1 Å². The maximum Gasteiger partial charge on any atom is 0.305 e. The predicted octanol–water partition coefficient (Wildman–Crippen LogP) is 2.50. The van der Waals surface area contributed by atoms with Crippen LogP contribution in [-0.2, 0) is 20.7 Å². The Kier molecular flexibility index (Phi) is 5.38. The van der Waals surface area contributed by atoms with Crippen molar-refractivity contribution in [3.8, 4) is 0 Å². The Balaban J connectivity index is 1.72. The number of hydrogen-bond acceptors (Lipinski definition) is 3. The zero-order valence-electron chi connectivity index (χ0n) is 14.5. The summed E-state index contributed by atoms with van der Waals surface area (Å²) in [5, 5.41) is 9.99. The molecule has 2 aromatic rings. The molecule has 6 heteroatoms. The van der Waals surface area contributed by atoms with Gasteiger partial charge in [-0.3, -0.25) is 9.59 Å². The van der Waals surface area contributed by atoms with E-state index in [1.807, 2.05) is 25.3 Å². The van der Waals surface area contributed by atoms with Crippen LogP contribution in [0.25, 0.3) is 10.9 Å². The van der Waals surface area contributed by atoms with Crippen LogP contribution in [0.1, 0.15) is 30.4 Å². The zero-order chi connectivity index (χ0) is 17.8. The molecule has 2 heterocycles. The number of H-pyrrole nitrogens is 1. The van der Waals surface area contributed by atoms with Crippen molar-refractivity contribution in [3.05, 3.63) is 35.5 Å².